The number of rotatable bonds is 8. The molecule has 1 amide bonds. The lowest BCUT2D eigenvalue weighted by Gasteiger charge is -2.26. The van der Waals surface area contributed by atoms with E-state index in [0.717, 1.165) is 24.0 Å². The molecular formula is C31H30FNO5. The number of anilines is 1. The molecule has 1 unspecified atom stereocenters. The number of halogens is 1. The Morgan fingerprint density at radius 3 is 2.37 bits per heavy atom. The first-order valence-corrected chi connectivity index (χ1v) is 12.9. The fourth-order valence-corrected chi connectivity index (χ4v) is 4.82. The highest BCUT2D eigenvalue weighted by Gasteiger charge is 2.44. The van der Waals surface area contributed by atoms with Crippen LogP contribution < -0.4 is 19.8 Å². The molecule has 3 aromatic carbocycles. The van der Waals surface area contributed by atoms with Crippen LogP contribution in [0.15, 0.2) is 63.8 Å². The van der Waals surface area contributed by atoms with Crippen molar-refractivity contribution in [3.05, 3.63) is 98.7 Å². The van der Waals surface area contributed by atoms with E-state index in [1.165, 1.54) is 29.2 Å². The average molecular weight is 516 g/mol. The van der Waals surface area contributed by atoms with Gasteiger partial charge in [-0.1, -0.05) is 19.4 Å². The summed E-state index contributed by atoms with van der Waals surface area (Å²) in [5.74, 6) is 0.222. The lowest BCUT2D eigenvalue weighted by atomic mass is 9.97. The Kier molecular flexibility index (Phi) is 6.93. The van der Waals surface area contributed by atoms with E-state index in [1.54, 1.807) is 24.3 Å². The summed E-state index contributed by atoms with van der Waals surface area (Å²) in [6.45, 7) is 8.80. The van der Waals surface area contributed by atoms with Crippen molar-refractivity contribution in [1.29, 1.82) is 0 Å². The molecule has 4 aromatic rings. The molecule has 0 saturated carbocycles. The maximum absolute atomic E-state index is 13.9. The summed E-state index contributed by atoms with van der Waals surface area (Å²) in [7, 11) is 0. The van der Waals surface area contributed by atoms with Crippen LogP contribution in [0, 0.1) is 19.7 Å². The van der Waals surface area contributed by atoms with Crippen LogP contribution in [-0.4, -0.2) is 19.1 Å². The van der Waals surface area contributed by atoms with Gasteiger partial charge < -0.3 is 13.9 Å². The minimum absolute atomic E-state index is 0.0127. The third kappa shape index (κ3) is 4.42. The summed E-state index contributed by atoms with van der Waals surface area (Å²) in [5.41, 5.74) is 3.35. The van der Waals surface area contributed by atoms with Gasteiger partial charge in [-0.05, 0) is 92.4 Å². The second-order valence-corrected chi connectivity index (χ2v) is 9.50. The van der Waals surface area contributed by atoms with E-state index in [4.69, 9.17) is 13.9 Å². The van der Waals surface area contributed by atoms with Crippen LogP contribution in [0.3, 0.4) is 0 Å². The molecular weight excluding hydrogens is 485 g/mol. The highest BCUT2D eigenvalue weighted by Crippen LogP contribution is 2.43. The van der Waals surface area contributed by atoms with Gasteiger partial charge in [-0.15, -0.1) is 0 Å². The van der Waals surface area contributed by atoms with Gasteiger partial charge in [-0.3, -0.25) is 14.5 Å². The largest absolute Gasteiger partial charge is 0.490 e. The zero-order chi connectivity index (χ0) is 27.0. The first kappa shape index (κ1) is 25.5. The molecule has 0 aliphatic carbocycles. The molecule has 38 heavy (non-hydrogen) atoms. The van der Waals surface area contributed by atoms with Gasteiger partial charge in [0.15, 0.2) is 16.9 Å². The van der Waals surface area contributed by atoms with Gasteiger partial charge in [0.25, 0.3) is 5.91 Å². The summed E-state index contributed by atoms with van der Waals surface area (Å²) < 4.78 is 31.7. The number of carbonyl (C=O) groups excluding carboxylic acids is 1. The Labute approximate surface area is 220 Å². The molecule has 1 aliphatic heterocycles. The molecule has 6 nitrogen and oxygen atoms in total. The highest BCUT2D eigenvalue weighted by molar-refractivity contribution is 6.10. The van der Waals surface area contributed by atoms with Crippen LogP contribution in [0.4, 0.5) is 10.1 Å². The van der Waals surface area contributed by atoms with Crippen LogP contribution in [0.2, 0.25) is 0 Å². The molecule has 7 heteroatoms. The number of hydrogen-bond donors (Lipinski definition) is 0. The summed E-state index contributed by atoms with van der Waals surface area (Å²) in [5, 5.41) is 0.412. The van der Waals surface area contributed by atoms with Crippen LogP contribution in [0.25, 0.3) is 11.0 Å². The van der Waals surface area contributed by atoms with E-state index in [0.29, 0.717) is 46.9 Å². The van der Waals surface area contributed by atoms with Crippen molar-refractivity contribution in [1.82, 2.24) is 0 Å². The summed E-state index contributed by atoms with van der Waals surface area (Å²) >= 11 is 0. The molecule has 0 radical (unpaired) electrons. The number of ether oxygens (including phenoxy) is 2. The Balaban J connectivity index is 1.73. The van der Waals surface area contributed by atoms with Gasteiger partial charge in [0.05, 0.1) is 30.2 Å². The smallest absolute Gasteiger partial charge is 0.295 e. The second kappa shape index (κ2) is 10.3. The second-order valence-electron chi connectivity index (χ2n) is 9.50. The third-order valence-corrected chi connectivity index (χ3v) is 6.93. The van der Waals surface area contributed by atoms with Crippen molar-refractivity contribution in [3.63, 3.8) is 0 Å². The topological polar surface area (TPSA) is 69.0 Å². The van der Waals surface area contributed by atoms with E-state index >= 15 is 0 Å². The zero-order valence-corrected chi connectivity index (χ0v) is 22.0. The molecule has 196 valence electrons. The van der Waals surface area contributed by atoms with Crippen molar-refractivity contribution < 1.29 is 23.1 Å². The van der Waals surface area contributed by atoms with E-state index in [1.807, 2.05) is 26.8 Å². The van der Waals surface area contributed by atoms with E-state index < -0.39 is 17.8 Å². The molecule has 0 saturated heterocycles. The average Bonchev–Trinajstić information content (AvgIpc) is 3.19. The van der Waals surface area contributed by atoms with Gasteiger partial charge in [-0.2, -0.15) is 0 Å². The van der Waals surface area contributed by atoms with Gasteiger partial charge in [0.1, 0.15) is 11.4 Å². The molecule has 1 aliphatic rings. The number of hydrogen-bond acceptors (Lipinski definition) is 5. The Morgan fingerprint density at radius 2 is 1.66 bits per heavy atom. The van der Waals surface area contributed by atoms with Crippen molar-refractivity contribution in [2.24, 2.45) is 0 Å². The van der Waals surface area contributed by atoms with Crippen molar-refractivity contribution in [2.45, 2.75) is 46.6 Å². The van der Waals surface area contributed by atoms with E-state index in [9.17, 15) is 14.0 Å². The third-order valence-electron chi connectivity index (χ3n) is 6.93. The number of carbonyl (C=O) groups is 1. The number of benzene rings is 3. The number of amides is 1. The number of nitrogens with zero attached hydrogens (tertiary/aromatic N) is 1. The number of fused-ring (bicyclic) bond motifs is 2. The zero-order valence-electron chi connectivity index (χ0n) is 22.0. The van der Waals surface area contributed by atoms with E-state index in [2.05, 4.69) is 6.92 Å². The monoisotopic (exact) mass is 515 g/mol. The predicted octanol–water partition coefficient (Wildman–Crippen LogP) is 6.88. The van der Waals surface area contributed by atoms with Crippen LogP contribution in [0.1, 0.15) is 65.5 Å². The lowest BCUT2D eigenvalue weighted by Crippen LogP contribution is -2.29. The summed E-state index contributed by atoms with van der Waals surface area (Å²) in [6.07, 6.45) is 1.90. The highest BCUT2D eigenvalue weighted by atomic mass is 19.1. The normalized spacial score (nSPS) is 14.7. The predicted molar refractivity (Wildman–Crippen MR) is 145 cm³/mol. The van der Waals surface area contributed by atoms with Crippen LogP contribution in [-0.2, 0) is 0 Å². The van der Waals surface area contributed by atoms with Gasteiger partial charge >= 0.3 is 0 Å². The first-order chi connectivity index (χ1) is 18.3. The van der Waals surface area contributed by atoms with Gasteiger partial charge in [0.2, 0.25) is 5.76 Å². The molecule has 0 N–H and O–H groups in total. The summed E-state index contributed by atoms with van der Waals surface area (Å²) in [6, 6.07) is 13.9. The van der Waals surface area contributed by atoms with Crippen LogP contribution >= 0.6 is 0 Å². The Hall–Kier alpha value is -4.13. The molecule has 2 heterocycles. The quantitative estimate of drug-likeness (QED) is 0.239. The molecule has 0 spiro atoms. The van der Waals surface area contributed by atoms with Gasteiger partial charge in [-0.25, -0.2) is 4.39 Å². The van der Waals surface area contributed by atoms with Crippen molar-refractivity contribution in [2.75, 3.05) is 18.1 Å². The molecule has 0 fully saturated rings. The maximum Gasteiger partial charge on any atom is 0.295 e. The number of aryl methyl sites for hydroxylation is 2. The Bertz CT molecular complexity index is 1570. The maximum atomic E-state index is 13.9. The molecule has 0 bridgehead atoms. The van der Waals surface area contributed by atoms with Crippen molar-refractivity contribution in [3.8, 4) is 11.5 Å². The minimum atomic E-state index is -0.797. The standard InChI is InChI=1S/C31H30FNO5/c1-5-7-14-37-24-13-8-20(17-26(24)36-6-2)28-27-29(34)23-15-18(3)19(4)16-25(23)38-30(27)31(35)33(28)22-11-9-21(32)10-12-22/h8-13,15-17,28H,5-7,14H2,1-4H3. The molecule has 1 atom stereocenters. The van der Waals surface area contributed by atoms with E-state index in [-0.39, 0.29) is 16.8 Å². The first-order valence-electron chi connectivity index (χ1n) is 12.9. The van der Waals surface area contributed by atoms with Gasteiger partial charge in [0, 0.05) is 5.69 Å². The number of unbranched alkanes of at least 4 members (excludes halogenated alkanes) is 1. The van der Waals surface area contributed by atoms with Crippen LogP contribution in [0.5, 0.6) is 11.5 Å². The minimum Gasteiger partial charge on any atom is -0.490 e. The fourth-order valence-electron chi connectivity index (χ4n) is 4.82. The van der Waals surface area contributed by atoms with Crippen molar-refractivity contribution >= 4 is 22.6 Å². The SMILES string of the molecule is CCCCOc1ccc(C2c3c(oc4cc(C)c(C)cc4c3=O)C(=O)N2c2ccc(F)cc2)cc1OCC. The lowest BCUT2D eigenvalue weighted by molar-refractivity contribution is 0.0971. The fraction of sp³-hybridized carbons (Fsp3) is 0.290. The summed E-state index contributed by atoms with van der Waals surface area (Å²) in [4.78, 5) is 29.2. The molecule has 5 rings (SSSR count). The molecule has 1 aromatic heterocycles. The Morgan fingerprint density at radius 1 is 0.921 bits per heavy atom.